The largest absolute Gasteiger partial charge is 0.370 e. The first kappa shape index (κ1) is 14.5. The van der Waals surface area contributed by atoms with Gasteiger partial charge >= 0.3 is 0 Å². The fourth-order valence-corrected chi connectivity index (χ4v) is 2.12. The van der Waals surface area contributed by atoms with E-state index in [9.17, 15) is 13.6 Å². The predicted octanol–water partition coefficient (Wildman–Crippen LogP) is 3.37. The van der Waals surface area contributed by atoms with Crippen LogP contribution < -0.4 is 11.1 Å². The normalized spacial score (nSPS) is 11.9. The number of benzene rings is 2. The molecular formula is C14H11BrF2N2O. The Morgan fingerprint density at radius 1 is 1.20 bits per heavy atom. The van der Waals surface area contributed by atoms with Crippen LogP contribution in [0.2, 0.25) is 0 Å². The molecule has 3 nitrogen and oxygen atoms in total. The van der Waals surface area contributed by atoms with Crippen molar-refractivity contribution >= 4 is 27.5 Å². The highest BCUT2D eigenvalue weighted by Crippen LogP contribution is 2.24. The van der Waals surface area contributed by atoms with Crippen molar-refractivity contribution < 1.29 is 13.6 Å². The number of amides is 1. The summed E-state index contributed by atoms with van der Waals surface area (Å²) < 4.78 is 27.6. The molecule has 20 heavy (non-hydrogen) atoms. The van der Waals surface area contributed by atoms with Crippen LogP contribution in [0.5, 0.6) is 0 Å². The number of nitrogens with two attached hydrogens (primary N) is 1. The molecule has 0 aromatic heterocycles. The van der Waals surface area contributed by atoms with Gasteiger partial charge in [0.1, 0.15) is 17.7 Å². The standard InChI is InChI=1S/C14H11BrF2N2O/c15-8-4-5-11(12(17)6-8)13(14(18)20)19-10-3-1-2-9(16)7-10/h1-7,13,19H,(H2,18,20). The van der Waals surface area contributed by atoms with Gasteiger partial charge in [-0.25, -0.2) is 8.78 Å². The molecule has 0 fully saturated rings. The summed E-state index contributed by atoms with van der Waals surface area (Å²) in [6, 6.07) is 8.71. The Balaban J connectivity index is 2.34. The van der Waals surface area contributed by atoms with E-state index in [-0.39, 0.29) is 5.56 Å². The van der Waals surface area contributed by atoms with Crippen LogP contribution in [-0.2, 0) is 4.79 Å². The highest BCUT2D eigenvalue weighted by atomic mass is 79.9. The zero-order chi connectivity index (χ0) is 14.7. The van der Waals surface area contributed by atoms with Gasteiger partial charge < -0.3 is 11.1 Å². The molecule has 1 unspecified atom stereocenters. The van der Waals surface area contributed by atoms with Gasteiger partial charge in [-0.1, -0.05) is 28.1 Å². The minimum atomic E-state index is -1.08. The van der Waals surface area contributed by atoms with Gasteiger partial charge in [0.05, 0.1) is 0 Å². The Hall–Kier alpha value is -1.95. The third-order valence-electron chi connectivity index (χ3n) is 2.69. The Kier molecular flexibility index (Phi) is 4.34. The first-order valence-corrected chi connectivity index (χ1v) is 6.53. The number of carbonyl (C=O) groups excluding carboxylic acids is 1. The molecule has 0 saturated carbocycles. The summed E-state index contributed by atoms with van der Waals surface area (Å²) in [5.41, 5.74) is 5.73. The van der Waals surface area contributed by atoms with Gasteiger partial charge in [0.2, 0.25) is 5.91 Å². The fourth-order valence-electron chi connectivity index (χ4n) is 1.78. The smallest absolute Gasteiger partial charge is 0.244 e. The van der Waals surface area contributed by atoms with Crippen molar-refractivity contribution in [3.63, 3.8) is 0 Å². The molecule has 0 bridgehead atoms. The maximum absolute atomic E-state index is 13.9. The third kappa shape index (κ3) is 3.33. The maximum atomic E-state index is 13.9. The van der Waals surface area contributed by atoms with Crippen LogP contribution in [0, 0.1) is 11.6 Å². The molecule has 2 aromatic carbocycles. The summed E-state index contributed by atoms with van der Waals surface area (Å²) in [5.74, 6) is -1.79. The van der Waals surface area contributed by atoms with Gasteiger partial charge in [0.15, 0.2) is 0 Å². The van der Waals surface area contributed by atoms with Crippen LogP contribution in [0.4, 0.5) is 14.5 Å². The Morgan fingerprint density at radius 2 is 1.95 bits per heavy atom. The first-order valence-electron chi connectivity index (χ1n) is 5.74. The van der Waals surface area contributed by atoms with Crippen LogP contribution in [0.25, 0.3) is 0 Å². The molecule has 0 saturated heterocycles. The Morgan fingerprint density at radius 3 is 2.55 bits per heavy atom. The lowest BCUT2D eigenvalue weighted by molar-refractivity contribution is -0.118. The van der Waals surface area contributed by atoms with Gasteiger partial charge in [0, 0.05) is 15.7 Å². The third-order valence-corrected chi connectivity index (χ3v) is 3.19. The number of primary amides is 1. The molecule has 1 atom stereocenters. The van der Waals surface area contributed by atoms with Gasteiger partial charge in [-0.2, -0.15) is 0 Å². The summed E-state index contributed by atoms with van der Waals surface area (Å²) in [5, 5.41) is 2.73. The Labute approximate surface area is 122 Å². The van der Waals surface area contributed by atoms with Crippen LogP contribution in [-0.4, -0.2) is 5.91 Å². The van der Waals surface area contributed by atoms with E-state index in [0.29, 0.717) is 10.2 Å². The molecule has 0 aliphatic rings. The summed E-state index contributed by atoms with van der Waals surface area (Å²) in [4.78, 5) is 11.5. The highest BCUT2D eigenvalue weighted by molar-refractivity contribution is 9.10. The van der Waals surface area contributed by atoms with E-state index in [1.165, 1.54) is 30.3 Å². The van der Waals surface area contributed by atoms with Gasteiger partial charge in [-0.15, -0.1) is 0 Å². The second kappa shape index (κ2) is 6.00. The molecule has 0 aliphatic carbocycles. The molecular weight excluding hydrogens is 330 g/mol. The lowest BCUT2D eigenvalue weighted by Crippen LogP contribution is -2.28. The zero-order valence-corrected chi connectivity index (χ0v) is 11.8. The lowest BCUT2D eigenvalue weighted by atomic mass is 10.1. The minimum absolute atomic E-state index is 0.102. The van der Waals surface area contributed by atoms with Crippen LogP contribution in [0.3, 0.4) is 0 Å². The molecule has 3 N–H and O–H groups in total. The maximum Gasteiger partial charge on any atom is 0.244 e. The van der Waals surface area contributed by atoms with Crippen molar-refractivity contribution in [3.05, 3.63) is 64.1 Å². The van der Waals surface area contributed by atoms with Crippen molar-refractivity contribution in [2.24, 2.45) is 5.73 Å². The average molecular weight is 341 g/mol. The minimum Gasteiger partial charge on any atom is -0.370 e. The van der Waals surface area contributed by atoms with Gasteiger partial charge in [-0.3, -0.25) is 4.79 Å². The average Bonchev–Trinajstić information content (AvgIpc) is 2.36. The number of halogens is 3. The topological polar surface area (TPSA) is 55.1 Å². The molecule has 6 heteroatoms. The number of carbonyl (C=O) groups is 1. The number of hydrogen-bond donors (Lipinski definition) is 2. The van der Waals surface area contributed by atoms with Crippen LogP contribution >= 0.6 is 15.9 Å². The van der Waals surface area contributed by atoms with Crippen molar-refractivity contribution in [2.45, 2.75) is 6.04 Å². The number of hydrogen-bond acceptors (Lipinski definition) is 2. The van der Waals surface area contributed by atoms with E-state index >= 15 is 0 Å². The second-order valence-corrected chi connectivity index (χ2v) is 5.07. The van der Waals surface area contributed by atoms with E-state index in [0.717, 1.165) is 0 Å². The fraction of sp³-hybridized carbons (Fsp3) is 0.0714. The molecule has 2 aromatic rings. The lowest BCUT2D eigenvalue weighted by Gasteiger charge is -2.18. The molecule has 0 aliphatic heterocycles. The molecule has 0 spiro atoms. The van der Waals surface area contributed by atoms with Crippen LogP contribution in [0.1, 0.15) is 11.6 Å². The molecule has 0 radical (unpaired) electrons. The summed E-state index contributed by atoms with van der Waals surface area (Å²) in [6.07, 6.45) is 0. The van der Waals surface area contributed by atoms with E-state index in [2.05, 4.69) is 21.2 Å². The number of rotatable bonds is 4. The predicted molar refractivity (Wildman–Crippen MR) is 76.1 cm³/mol. The summed E-state index contributed by atoms with van der Waals surface area (Å²) in [7, 11) is 0. The van der Waals surface area contributed by atoms with Gasteiger partial charge in [-0.05, 0) is 30.3 Å². The molecule has 1 amide bonds. The molecule has 104 valence electrons. The monoisotopic (exact) mass is 340 g/mol. The van der Waals surface area contributed by atoms with E-state index in [1.54, 1.807) is 12.1 Å². The van der Waals surface area contributed by atoms with Crippen molar-refractivity contribution in [3.8, 4) is 0 Å². The van der Waals surface area contributed by atoms with Gasteiger partial charge in [0.25, 0.3) is 0 Å². The van der Waals surface area contributed by atoms with Crippen molar-refractivity contribution in [1.29, 1.82) is 0 Å². The second-order valence-electron chi connectivity index (χ2n) is 4.16. The number of nitrogens with one attached hydrogen (secondary N) is 1. The first-order chi connectivity index (χ1) is 9.47. The SMILES string of the molecule is NC(=O)C(Nc1cccc(F)c1)c1ccc(Br)cc1F. The Bertz CT molecular complexity index is 649. The summed E-state index contributed by atoms with van der Waals surface area (Å²) in [6.45, 7) is 0. The quantitative estimate of drug-likeness (QED) is 0.896. The molecule has 2 rings (SSSR count). The van der Waals surface area contributed by atoms with E-state index in [4.69, 9.17) is 5.73 Å². The van der Waals surface area contributed by atoms with E-state index < -0.39 is 23.6 Å². The van der Waals surface area contributed by atoms with Crippen molar-refractivity contribution in [2.75, 3.05) is 5.32 Å². The highest BCUT2D eigenvalue weighted by Gasteiger charge is 2.21. The van der Waals surface area contributed by atoms with E-state index in [1.807, 2.05) is 0 Å². The molecule has 0 heterocycles. The van der Waals surface area contributed by atoms with Crippen LogP contribution in [0.15, 0.2) is 46.9 Å². The van der Waals surface area contributed by atoms with Crippen molar-refractivity contribution in [1.82, 2.24) is 0 Å². The number of anilines is 1. The zero-order valence-electron chi connectivity index (χ0n) is 10.2. The summed E-state index contributed by atoms with van der Waals surface area (Å²) >= 11 is 3.13.